The van der Waals surface area contributed by atoms with Crippen molar-refractivity contribution in [2.45, 2.75) is 50.9 Å². The Kier molecular flexibility index (Phi) is 6.44. The molecule has 2 aromatic carbocycles. The molecule has 1 fully saturated rings. The first-order valence-corrected chi connectivity index (χ1v) is 10.8. The van der Waals surface area contributed by atoms with Crippen LogP contribution in [-0.2, 0) is 22.7 Å². The number of hydrogen-bond donors (Lipinski definition) is 3. The standard InChI is InChI=1S/C24H28N4O3/c25-12-4-7-20(17-5-2-1-3-6-17)26-14-16-8-9-19-18(13-16)15-28(24(19)31)21-10-11-22(29)27-23(21)30/h1-3,5-6,8-9,13,20-21,26H,4,7,10-12,14-15,25H2,(H,27,29,30). The molecular weight excluding hydrogens is 392 g/mol. The Morgan fingerprint density at radius 3 is 2.68 bits per heavy atom. The smallest absolute Gasteiger partial charge is 0.255 e. The van der Waals surface area contributed by atoms with Gasteiger partial charge in [0, 0.05) is 31.1 Å². The lowest BCUT2D eigenvalue weighted by molar-refractivity contribution is -0.136. The normalized spacial score (nSPS) is 19.3. The van der Waals surface area contributed by atoms with E-state index in [1.807, 2.05) is 36.4 Å². The van der Waals surface area contributed by atoms with E-state index in [1.54, 1.807) is 4.90 Å². The number of carbonyl (C=O) groups excluding carboxylic acids is 3. The average Bonchev–Trinajstić information content (AvgIpc) is 3.10. The molecule has 2 atom stereocenters. The van der Waals surface area contributed by atoms with Crippen molar-refractivity contribution in [2.75, 3.05) is 6.54 Å². The summed E-state index contributed by atoms with van der Waals surface area (Å²) in [6.07, 6.45) is 2.52. The number of benzene rings is 2. The molecule has 0 saturated carbocycles. The van der Waals surface area contributed by atoms with Gasteiger partial charge in [0.15, 0.2) is 0 Å². The summed E-state index contributed by atoms with van der Waals surface area (Å²) in [6.45, 7) is 1.72. The van der Waals surface area contributed by atoms with Gasteiger partial charge >= 0.3 is 0 Å². The minimum absolute atomic E-state index is 0.144. The highest BCUT2D eigenvalue weighted by atomic mass is 16.2. The van der Waals surface area contributed by atoms with Gasteiger partial charge in [-0.3, -0.25) is 19.7 Å². The molecule has 7 nitrogen and oxygen atoms in total. The maximum Gasteiger partial charge on any atom is 0.255 e. The molecule has 2 unspecified atom stereocenters. The lowest BCUT2D eigenvalue weighted by atomic mass is 10.0. The van der Waals surface area contributed by atoms with Crippen molar-refractivity contribution in [3.8, 4) is 0 Å². The van der Waals surface area contributed by atoms with Crippen molar-refractivity contribution in [1.29, 1.82) is 0 Å². The van der Waals surface area contributed by atoms with Crippen molar-refractivity contribution in [1.82, 2.24) is 15.5 Å². The minimum Gasteiger partial charge on any atom is -0.330 e. The van der Waals surface area contributed by atoms with E-state index >= 15 is 0 Å². The lowest BCUT2D eigenvalue weighted by Gasteiger charge is -2.29. The predicted octanol–water partition coefficient (Wildman–Crippen LogP) is 2.02. The molecule has 7 heteroatoms. The van der Waals surface area contributed by atoms with Crippen LogP contribution in [0, 0.1) is 0 Å². The van der Waals surface area contributed by atoms with E-state index in [1.165, 1.54) is 5.56 Å². The van der Waals surface area contributed by atoms with Crippen LogP contribution >= 0.6 is 0 Å². The maximum atomic E-state index is 12.8. The Labute approximate surface area is 182 Å². The number of rotatable bonds is 8. The second-order valence-corrected chi connectivity index (χ2v) is 8.17. The van der Waals surface area contributed by atoms with Gasteiger partial charge < -0.3 is 16.0 Å². The number of nitrogens with two attached hydrogens (primary N) is 1. The molecule has 2 heterocycles. The van der Waals surface area contributed by atoms with Gasteiger partial charge in [-0.1, -0.05) is 42.5 Å². The second kappa shape index (κ2) is 9.41. The van der Waals surface area contributed by atoms with Crippen LogP contribution in [0.2, 0.25) is 0 Å². The summed E-state index contributed by atoms with van der Waals surface area (Å²) in [7, 11) is 0. The first-order valence-electron chi connectivity index (χ1n) is 10.8. The zero-order valence-corrected chi connectivity index (χ0v) is 17.5. The van der Waals surface area contributed by atoms with Crippen LogP contribution in [0.25, 0.3) is 0 Å². The van der Waals surface area contributed by atoms with Crippen molar-refractivity contribution in [2.24, 2.45) is 5.73 Å². The van der Waals surface area contributed by atoms with E-state index < -0.39 is 6.04 Å². The van der Waals surface area contributed by atoms with E-state index in [-0.39, 0.29) is 30.2 Å². The summed E-state index contributed by atoms with van der Waals surface area (Å²) in [5.41, 5.74) is 9.60. The Balaban J connectivity index is 1.44. The first-order chi connectivity index (χ1) is 15.1. The molecule has 31 heavy (non-hydrogen) atoms. The van der Waals surface area contributed by atoms with Gasteiger partial charge in [-0.2, -0.15) is 0 Å². The third kappa shape index (κ3) is 4.68. The molecule has 3 amide bonds. The number of hydrogen-bond acceptors (Lipinski definition) is 5. The zero-order valence-electron chi connectivity index (χ0n) is 17.5. The number of piperidine rings is 1. The number of carbonyl (C=O) groups is 3. The fraction of sp³-hybridized carbons (Fsp3) is 0.375. The Morgan fingerprint density at radius 1 is 1.13 bits per heavy atom. The monoisotopic (exact) mass is 420 g/mol. The summed E-state index contributed by atoms with van der Waals surface area (Å²) in [5.74, 6) is -0.805. The highest BCUT2D eigenvalue weighted by Gasteiger charge is 2.39. The predicted molar refractivity (Wildman–Crippen MR) is 117 cm³/mol. The fourth-order valence-electron chi connectivity index (χ4n) is 4.37. The zero-order chi connectivity index (χ0) is 21.8. The molecule has 0 spiro atoms. The SMILES string of the molecule is NCCCC(NCc1ccc2c(c1)CN(C1CCC(=O)NC1=O)C2=O)c1ccccc1. The van der Waals surface area contributed by atoms with Crippen molar-refractivity contribution in [3.05, 3.63) is 70.8 Å². The molecule has 2 aliphatic rings. The summed E-state index contributed by atoms with van der Waals surface area (Å²) >= 11 is 0. The van der Waals surface area contributed by atoms with Gasteiger partial charge in [-0.05, 0) is 48.6 Å². The summed E-state index contributed by atoms with van der Waals surface area (Å²) in [6, 6.07) is 15.8. The Bertz CT molecular complexity index is 976. The van der Waals surface area contributed by atoms with E-state index in [0.29, 0.717) is 31.6 Å². The van der Waals surface area contributed by atoms with Crippen LogP contribution in [0.5, 0.6) is 0 Å². The van der Waals surface area contributed by atoms with Gasteiger partial charge in [0.05, 0.1) is 0 Å². The highest BCUT2D eigenvalue weighted by molar-refractivity contribution is 6.05. The van der Waals surface area contributed by atoms with Crippen LogP contribution in [0.3, 0.4) is 0 Å². The van der Waals surface area contributed by atoms with Crippen LogP contribution < -0.4 is 16.4 Å². The second-order valence-electron chi connectivity index (χ2n) is 8.17. The van der Waals surface area contributed by atoms with E-state index in [2.05, 4.69) is 22.8 Å². The molecule has 4 rings (SSSR count). The summed E-state index contributed by atoms with van der Waals surface area (Å²) < 4.78 is 0. The molecule has 0 aromatic heterocycles. The van der Waals surface area contributed by atoms with E-state index in [0.717, 1.165) is 24.0 Å². The largest absolute Gasteiger partial charge is 0.330 e. The quantitative estimate of drug-likeness (QED) is 0.567. The minimum atomic E-state index is -0.585. The Hall–Kier alpha value is -3.03. The molecule has 2 aliphatic heterocycles. The number of imide groups is 1. The van der Waals surface area contributed by atoms with Gasteiger partial charge in [0.25, 0.3) is 5.91 Å². The van der Waals surface area contributed by atoms with Crippen molar-refractivity contribution < 1.29 is 14.4 Å². The third-order valence-corrected chi connectivity index (χ3v) is 6.04. The average molecular weight is 421 g/mol. The molecule has 0 bridgehead atoms. The number of amides is 3. The van der Waals surface area contributed by atoms with Gasteiger partial charge in [0.2, 0.25) is 11.8 Å². The van der Waals surface area contributed by atoms with Crippen LogP contribution in [-0.4, -0.2) is 35.2 Å². The molecule has 0 aliphatic carbocycles. The van der Waals surface area contributed by atoms with Crippen LogP contribution in [0.4, 0.5) is 0 Å². The molecule has 4 N–H and O–H groups in total. The third-order valence-electron chi connectivity index (χ3n) is 6.04. The molecule has 162 valence electrons. The molecule has 1 saturated heterocycles. The molecule has 0 radical (unpaired) electrons. The van der Waals surface area contributed by atoms with Gasteiger partial charge in [0.1, 0.15) is 6.04 Å². The van der Waals surface area contributed by atoms with Crippen LogP contribution in [0.15, 0.2) is 48.5 Å². The summed E-state index contributed by atoms with van der Waals surface area (Å²) in [4.78, 5) is 38.1. The van der Waals surface area contributed by atoms with E-state index in [9.17, 15) is 14.4 Å². The fourth-order valence-corrected chi connectivity index (χ4v) is 4.37. The van der Waals surface area contributed by atoms with Crippen LogP contribution in [0.1, 0.15) is 58.8 Å². The lowest BCUT2D eigenvalue weighted by Crippen LogP contribution is -2.52. The first kappa shape index (κ1) is 21.2. The number of fused-ring (bicyclic) bond motifs is 1. The molecular formula is C24H28N4O3. The van der Waals surface area contributed by atoms with E-state index in [4.69, 9.17) is 5.73 Å². The Morgan fingerprint density at radius 2 is 1.94 bits per heavy atom. The topological polar surface area (TPSA) is 105 Å². The van der Waals surface area contributed by atoms with Crippen molar-refractivity contribution in [3.63, 3.8) is 0 Å². The van der Waals surface area contributed by atoms with Gasteiger partial charge in [-0.25, -0.2) is 0 Å². The van der Waals surface area contributed by atoms with Gasteiger partial charge in [-0.15, -0.1) is 0 Å². The number of nitrogens with one attached hydrogen (secondary N) is 2. The van der Waals surface area contributed by atoms with Crippen molar-refractivity contribution >= 4 is 17.7 Å². The molecule has 2 aromatic rings. The highest BCUT2D eigenvalue weighted by Crippen LogP contribution is 2.28. The summed E-state index contributed by atoms with van der Waals surface area (Å²) in [5, 5.41) is 5.96. The maximum absolute atomic E-state index is 12.8. The number of nitrogens with zero attached hydrogens (tertiary/aromatic N) is 1.